The van der Waals surface area contributed by atoms with E-state index >= 15 is 0 Å². The molecule has 0 aliphatic rings. The number of non-ortho nitro benzene ring substituents is 1. The first-order valence-electron chi connectivity index (χ1n) is 7.22. The average Bonchev–Trinajstić information content (AvgIpc) is 3.14. The first-order chi connectivity index (χ1) is 11.5. The van der Waals surface area contributed by atoms with E-state index in [1.54, 1.807) is 16.8 Å². The molecule has 0 unspecified atom stereocenters. The second-order valence-electron chi connectivity index (χ2n) is 5.27. The Bertz CT molecular complexity index is 885. The Kier molecular flexibility index (Phi) is 4.30. The third-order valence-corrected chi connectivity index (χ3v) is 4.18. The van der Waals surface area contributed by atoms with Gasteiger partial charge in [-0.25, -0.2) is 0 Å². The maximum absolute atomic E-state index is 10.7. The summed E-state index contributed by atoms with van der Waals surface area (Å²) < 4.78 is 7.03. The number of nitro groups is 1. The van der Waals surface area contributed by atoms with Crippen molar-refractivity contribution in [2.45, 2.75) is 26.8 Å². The minimum absolute atomic E-state index is 0.0175. The van der Waals surface area contributed by atoms with Gasteiger partial charge in [0.1, 0.15) is 0 Å². The van der Waals surface area contributed by atoms with Crippen LogP contribution in [0.5, 0.6) is 0 Å². The molecule has 0 amide bonds. The maximum atomic E-state index is 10.7. The molecule has 0 fully saturated rings. The normalized spacial score (nSPS) is 11.0. The number of rotatable bonds is 5. The second kappa shape index (κ2) is 6.40. The Labute approximate surface area is 142 Å². The molecule has 0 aliphatic carbocycles. The van der Waals surface area contributed by atoms with Crippen molar-refractivity contribution in [2.75, 3.05) is 0 Å². The Balaban J connectivity index is 1.71. The number of hydrogen-bond acceptors (Lipinski definition) is 6. The fraction of sp³-hybridized carbons (Fsp3) is 0.267. The van der Waals surface area contributed by atoms with Gasteiger partial charge >= 0.3 is 0 Å². The molecule has 2 aromatic heterocycles. The molecule has 24 heavy (non-hydrogen) atoms. The fourth-order valence-corrected chi connectivity index (χ4v) is 2.44. The first kappa shape index (κ1) is 16.1. The van der Waals surface area contributed by atoms with Crippen molar-refractivity contribution in [3.05, 3.63) is 56.7 Å². The smallest absolute Gasteiger partial charge is 0.269 e. The van der Waals surface area contributed by atoms with E-state index in [2.05, 4.69) is 15.2 Å². The lowest BCUT2D eigenvalue weighted by molar-refractivity contribution is -0.384. The average molecular weight is 348 g/mol. The molecular formula is C15H14ClN5O3. The molecule has 9 heteroatoms. The minimum atomic E-state index is -0.453. The van der Waals surface area contributed by atoms with Crippen molar-refractivity contribution in [3.8, 4) is 11.4 Å². The number of nitro benzene ring substituents is 1. The molecule has 8 nitrogen and oxygen atoms in total. The molecule has 124 valence electrons. The quantitative estimate of drug-likeness (QED) is 0.518. The van der Waals surface area contributed by atoms with Gasteiger partial charge in [0.15, 0.2) is 0 Å². The van der Waals surface area contributed by atoms with Gasteiger partial charge in [-0.1, -0.05) is 16.8 Å². The van der Waals surface area contributed by atoms with Crippen LogP contribution in [0, 0.1) is 24.0 Å². The summed E-state index contributed by atoms with van der Waals surface area (Å²) in [4.78, 5) is 14.5. The monoisotopic (exact) mass is 347 g/mol. The topological polar surface area (TPSA) is 99.9 Å². The lowest BCUT2D eigenvalue weighted by Gasteiger charge is -2.01. The third kappa shape index (κ3) is 3.13. The predicted molar refractivity (Wildman–Crippen MR) is 86.8 cm³/mol. The van der Waals surface area contributed by atoms with Crippen molar-refractivity contribution in [1.82, 2.24) is 19.9 Å². The number of aryl methyl sites for hydroxylation is 3. The van der Waals surface area contributed by atoms with Crippen molar-refractivity contribution in [3.63, 3.8) is 0 Å². The van der Waals surface area contributed by atoms with Gasteiger partial charge in [-0.05, 0) is 26.0 Å². The first-order valence-corrected chi connectivity index (χ1v) is 7.60. The molecule has 0 saturated carbocycles. The summed E-state index contributed by atoms with van der Waals surface area (Å²) in [6, 6.07) is 5.99. The van der Waals surface area contributed by atoms with Gasteiger partial charge < -0.3 is 4.52 Å². The lowest BCUT2D eigenvalue weighted by Crippen LogP contribution is -2.05. The van der Waals surface area contributed by atoms with E-state index in [4.69, 9.17) is 16.1 Å². The Morgan fingerprint density at radius 1 is 1.29 bits per heavy atom. The van der Waals surface area contributed by atoms with Gasteiger partial charge in [0, 0.05) is 24.1 Å². The van der Waals surface area contributed by atoms with Gasteiger partial charge in [0.05, 0.1) is 27.9 Å². The molecule has 3 aromatic rings. The fourth-order valence-electron chi connectivity index (χ4n) is 2.30. The summed E-state index contributed by atoms with van der Waals surface area (Å²) in [5.41, 5.74) is 2.35. The van der Waals surface area contributed by atoms with Crippen LogP contribution in [0.2, 0.25) is 5.02 Å². The summed E-state index contributed by atoms with van der Waals surface area (Å²) in [6.45, 7) is 4.32. The van der Waals surface area contributed by atoms with Crippen LogP contribution in [-0.4, -0.2) is 24.8 Å². The molecule has 3 rings (SSSR count). The van der Waals surface area contributed by atoms with E-state index in [-0.39, 0.29) is 5.69 Å². The zero-order valence-electron chi connectivity index (χ0n) is 13.1. The van der Waals surface area contributed by atoms with E-state index in [1.165, 1.54) is 12.1 Å². The van der Waals surface area contributed by atoms with Crippen LogP contribution in [0.4, 0.5) is 5.69 Å². The number of nitrogens with zero attached hydrogens (tertiary/aromatic N) is 5. The van der Waals surface area contributed by atoms with Gasteiger partial charge in [-0.3, -0.25) is 14.8 Å². The Hall–Kier alpha value is -2.74. The van der Waals surface area contributed by atoms with E-state index in [0.717, 1.165) is 11.4 Å². The highest BCUT2D eigenvalue weighted by Crippen LogP contribution is 2.21. The highest BCUT2D eigenvalue weighted by atomic mass is 35.5. The maximum Gasteiger partial charge on any atom is 0.269 e. The summed E-state index contributed by atoms with van der Waals surface area (Å²) in [5.74, 6) is 0.860. The number of aromatic nitrogens is 4. The van der Waals surface area contributed by atoms with E-state index in [9.17, 15) is 10.1 Å². The predicted octanol–water partition coefficient (Wildman–Crippen LogP) is 3.35. The Morgan fingerprint density at radius 2 is 2.00 bits per heavy atom. The van der Waals surface area contributed by atoms with Crippen molar-refractivity contribution >= 4 is 17.3 Å². The van der Waals surface area contributed by atoms with Crippen LogP contribution >= 0.6 is 11.6 Å². The number of halogens is 1. The van der Waals surface area contributed by atoms with Crippen LogP contribution < -0.4 is 0 Å². The molecule has 0 spiro atoms. The summed E-state index contributed by atoms with van der Waals surface area (Å²) >= 11 is 6.12. The van der Waals surface area contributed by atoms with E-state index in [1.807, 2.05) is 13.8 Å². The van der Waals surface area contributed by atoms with E-state index in [0.29, 0.717) is 35.3 Å². The molecule has 0 aliphatic heterocycles. The van der Waals surface area contributed by atoms with Gasteiger partial charge in [-0.2, -0.15) is 10.1 Å². The summed E-state index contributed by atoms with van der Waals surface area (Å²) in [7, 11) is 0. The second-order valence-corrected chi connectivity index (χ2v) is 5.65. The van der Waals surface area contributed by atoms with E-state index < -0.39 is 4.92 Å². The van der Waals surface area contributed by atoms with Gasteiger partial charge in [0.25, 0.3) is 5.69 Å². The van der Waals surface area contributed by atoms with Crippen LogP contribution in [0.3, 0.4) is 0 Å². The zero-order chi connectivity index (χ0) is 17.3. The molecule has 0 radical (unpaired) electrons. The molecular weight excluding hydrogens is 334 g/mol. The summed E-state index contributed by atoms with van der Waals surface area (Å²) in [6.07, 6.45) is 0.512. The molecule has 0 saturated heterocycles. The molecule has 2 heterocycles. The standard InChI is InChI=1S/C15H14ClN5O3/c1-9-14(16)10(2)20(18-9)8-7-13-17-15(19-24-13)11-3-5-12(6-4-11)21(22)23/h3-6H,7-8H2,1-2H3. The lowest BCUT2D eigenvalue weighted by atomic mass is 10.2. The van der Waals surface area contributed by atoms with Gasteiger partial charge in [-0.15, -0.1) is 0 Å². The van der Waals surface area contributed by atoms with Crippen LogP contribution in [0.25, 0.3) is 11.4 Å². The highest BCUT2D eigenvalue weighted by Gasteiger charge is 2.13. The Morgan fingerprint density at radius 3 is 2.58 bits per heavy atom. The summed E-state index contributed by atoms with van der Waals surface area (Å²) in [5, 5.41) is 19.6. The van der Waals surface area contributed by atoms with Crippen LogP contribution in [0.15, 0.2) is 28.8 Å². The molecule has 0 atom stereocenters. The van der Waals surface area contributed by atoms with Crippen molar-refractivity contribution < 1.29 is 9.45 Å². The zero-order valence-corrected chi connectivity index (χ0v) is 13.8. The van der Waals surface area contributed by atoms with Gasteiger partial charge in [0.2, 0.25) is 11.7 Å². The van der Waals surface area contributed by atoms with Crippen molar-refractivity contribution in [2.24, 2.45) is 0 Å². The SMILES string of the molecule is Cc1nn(CCc2nc(-c3ccc([N+](=O)[O-])cc3)no2)c(C)c1Cl. The largest absolute Gasteiger partial charge is 0.339 e. The number of benzene rings is 1. The number of hydrogen-bond donors (Lipinski definition) is 0. The minimum Gasteiger partial charge on any atom is -0.339 e. The van der Waals surface area contributed by atoms with Crippen LogP contribution in [-0.2, 0) is 13.0 Å². The molecule has 0 bridgehead atoms. The third-order valence-electron chi connectivity index (χ3n) is 3.64. The van der Waals surface area contributed by atoms with Crippen LogP contribution in [0.1, 0.15) is 17.3 Å². The highest BCUT2D eigenvalue weighted by molar-refractivity contribution is 6.31. The van der Waals surface area contributed by atoms with Crippen molar-refractivity contribution in [1.29, 1.82) is 0 Å². The molecule has 1 aromatic carbocycles. The molecule has 0 N–H and O–H groups in total.